The number of benzene rings is 1. The number of halogens is 1. The molecular formula is C29H40FN. The molecule has 1 nitrogen and oxygen atoms in total. The van der Waals surface area contributed by atoms with E-state index in [1.54, 1.807) is 6.07 Å². The summed E-state index contributed by atoms with van der Waals surface area (Å²) >= 11 is 0. The fourth-order valence-electron chi connectivity index (χ4n) is 5.98. The van der Waals surface area contributed by atoms with Crippen LogP contribution in [-0.4, -0.2) is 4.98 Å². The van der Waals surface area contributed by atoms with E-state index in [0.717, 1.165) is 17.5 Å². The first-order valence-corrected chi connectivity index (χ1v) is 12.9. The Labute approximate surface area is 188 Å². The van der Waals surface area contributed by atoms with Gasteiger partial charge in [-0.15, -0.1) is 0 Å². The first kappa shape index (κ1) is 22.5. The third-order valence-corrected chi connectivity index (χ3v) is 8.24. The van der Waals surface area contributed by atoms with Crippen LogP contribution in [0.1, 0.15) is 114 Å². The third kappa shape index (κ3) is 5.57. The lowest BCUT2D eigenvalue weighted by atomic mass is 9.77. The smallest absolute Gasteiger partial charge is 0.132 e. The van der Waals surface area contributed by atoms with Crippen LogP contribution in [0.15, 0.2) is 36.5 Å². The number of nitrogens with zero attached hydrogens (tertiary/aromatic N) is 1. The number of hydrogen-bond donors (Lipinski definition) is 0. The fourth-order valence-corrected chi connectivity index (χ4v) is 5.98. The molecule has 0 amide bonds. The molecule has 1 heterocycles. The molecule has 2 aliphatic carbocycles. The highest BCUT2D eigenvalue weighted by Crippen LogP contribution is 2.39. The number of aromatic nitrogens is 1. The molecule has 1 aromatic heterocycles. The first-order valence-electron chi connectivity index (χ1n) is 12.9. The van der Waals surface area contributed by atoms with E-state index < -0.39 is 0 Å². The highest BCUT2D eigenvalue weighted by Gasteiger charge is 2.24. The molecule has 2 heteroatoms. The second-order valence-electron chi connectivity index (χ2n) is 10.2. The van der Waals surface area contributed by atoms with E-state index >= 15 is 4.39 Å². The molecule has 2 aliphatic rings. The monoisotopic (exact) mass is 421 g/mol. The molecule has 0 spiro atoms. The van der Waals surface area contributed by atoms with Gasteiger partial charge >= 0.3 is 0 Å². The minimum atomic E-state index is -0.116. The van der Waals surface area contributed by atoms with Gasteiger partial charge in [0.15, 0.2) is 0 Å². The molecule has 2 fully saturated rings. The van der Waals surface area contributed by atoms with Crippen LogP contribution in [0, 0.1) is 17.7 Å². The van der Waals surface area contributed by atoms with E-state index in [4.69, 9.17) is 0 Å². The molecule has 0 bridgehead atoms. The van der Waals surface area contributed by atoms with Crippen LogP contribution in [0.4, 0.5) is 4.39 Å². The number of unbranched alkanes of at least 4 members (excludes halogenated alkanes) is 1. The minimum absolute atomic E-state index is 0.116. The molecular weight excluding hydrogens is 381 g/mol. The molecule has 0 unspecified atom stereocenters. The maximum Gasteiger partial charge on any atom is 0.132 e. The summed E-state index contributed by atoms with van der Waals surface area (Å²) in [6.45, 7) is 4.58. The molecule has 168 valence electrons. The lowest BCUT2D eigenvalue weighted by Gasteiger charge is -2.29. The summed E-state index contributed by atoms with van der Waals surface area (Å²) in [5.41, 5.74) is 3.91. The SMILES string of the molecule is CCCC[C@H]1CC[C@H](c2ccc(-c3ccc([C@H]4CC[C@H](CC)CC4)cn3)c(F)c2)CC1. The van der Waals surface area contributed by atoms with E-state index in [2.05, 4.69) is 31.0 Å². The maximum atomic E-state index is 15.0. The zero-order valence-corrected chi connectivity index (χ0v) is 19.6. The van der Waals surface area contributed by atoms with Crippen molar-refractivity contribution in [2.45, 2.75) is 103 Å². The van der Waals surface area contributed by atoms with Crippen molar-refractivity contribution in [3.63, 3.8) is 0 Å². The quantitative estimate of drug-likeness (QED) is 0.434. The number of hydrogen-bond acceptors (Lipinski definition) is 1. The topological polar surface area (TPSA) is 12.9 Å². The zero-order valence-electron chi connectivity index (χ0n) is 19.6. The van der Waals surface area contributed by atoms with Crippen molar-refractivity contribution in [2.75, 3.05) is 0 Å². The Bertz CT molecular complexity index is 811. The molecule has 0 saturated heterocycles. The van der Waals surface area contributed by atoms with E-state index in [9.17, 15) is 0 Å². The zero-order chi connectivity index (χ0) is 21.6. The Balaban J connectivity index is 1.38. The average Bonchev–Trinajstić information content (AvgIpc) is 2.83. The third-order valence-electron chi connectivity index (χ3n) is 8.24. The van der Waals surface area contributed by atoms with Crippen LogP contribution < -0.4 is 0 Å². The molecule has 2 aromatic rings. The summed E-state index contributed by atoms with van der Waals surface area (Å²) < 4.78 is 15.0. The van der Waals surface area contributed by atoms with Crippen molar-refractivity contribution in [1.82, 2.24) is 4.98 Å². The van der Waals surface area contributed by atoms with Gasteiger partial charge in [0.2, 0.25) is 0 Å². The van der Waals surface area contributed by atoms with Crippen molar-refractivity contribution in [1.29, 1.82) is 0 Å². The minimum Gasteiger partial charge on any atom is -0.256 e. The normalized spacial score (nSPS) is 26.7. The molecule has 0 aliphatic heterocycles. The Kier molecular flexibility index (Phi) is 7.80. The van der Waals surface area contributed by atoms with Gasteiger partial charge in [-0.25, -0.2) is 4.39 Å². The van der Waals surface area contributed by atoms with Gasteiger partial charge < -0.3 is 0 Å². The molecule has 0 N–H and O–H groups in total. The van der Waals surface area contributed by atoms with Crippen LogP contribution in [0.2, 0.25) is 0 Å². The van der Waals surface area contributed by atoms with Crippen molar-refractivity contribution >= 4 is 0 Å². The van der Waals surface area contributed by atoms with Crippen LogP contribution in [0.3, 0.4) is 0 Å². The Morgan fingerprint density at radius 3 is 2.03 bits per heavy atom. The summed E-state index contributed by atoms with van der Waals surface area (Å²) in [5.74, 6) is 2.83. The van der Waals surface area contributed by atoms with Crippen molar-refractivity contribution < 1.29 is 4.39 Å². The molecule has 0 atom stereocenters. The van der Waals surface area contributed by atoms with E-state index in [-0.39, 0.29) is 5.82 Å². The summed E-state index contributed by atoms with van der Waals surface area (Å²) in [6, 6.07) is 10.1. The summed E-state index contributed by atoms with van der Waals surface area (Å²) in [4.78, 5) is 4.66. The highest BCUT2D eigenvalue weighted by molar-refractivity contribution is 5.60. The second-order valence-corrected chi connectivity index (χ2v) is 10.2. The van der Waals surface area contributed by atoms with Crippen LogP contribution in [0.25, 0.3) is 11.3 Å². The molecule has 4 rings (SSSR count). The standard InChI is InChI=1S/C29H40FN/c1-3-5-6-22-9-13-23(14-10-22)25-15-17-27(28(30)19-25)29-18-16-26(20-31-29)24-11-7-21(4-2)8-12-24/h15-24H,3-14H2,1-2H3/t21-,22-,23-,24-. The molecule has 1 aromatic carbocycles. The predicted molar refractivity (Wildman–Crippen MR) is 129 cm³/mol. The summed E-state index contributed by atoms with van der Waals surface area (Å²) in [5, 5.41) is 0. The second kappa shape index (κ2) is 10.7. The largest absolute Gasteiger partial charge is 0.256 e. The van der Waals surface area contributed by atoms with Crippen LogP contribution >= 0.6 is 0 Å². The molecule has 0 radical (unpaired) electrons. The van der Waals surface area contributed by atoms with Crippen LogP contribution in [0.5, 0.6) is 0 Å². The lowest BCUT2D eigenvalue weighted by molar-refractivity contribution is 0.304. The predicted octanol–water partition coefficient (Wildman–Crippen LogP) is 9.04. The van der Waals surface area contributed by atoms with Gasteiger partial charge in [-0.2, -0.15) is 0 Å². The first-order chi connectivity index (χ1) is 15.2. The Morgan fingerprint density at radius 2 is 1.45 bits per heavy atom. The average molecular weight is 422 g/mol. The van der Waals surface area contributed by atoms with Gasteiger partial charge in [0, 0.05) is 11.8 Å². The van der Waals surface area contributed by atoms with Gasteiger partial charge in [0.05, 0.1) is 5.69 Å². The Hall–Kier alpha value is -1.70. The van der Waals surface area contributed by atoms with Crippen molar-refractivity contribution in [3.8, 4) is 11.3 Å². The van der Waals surface area contributed by atoms with Gasteiger partial charge in [-0.3, -0.25) is 4.98 Å². The maximum absolute atomic E-state index is 15.0. The molecule has 31 heavy (non-hydrogen) atoms. The van der Waals surface area contributed by atoms with Crippen molar-refractivity contribution in [3.05, 3.63) is 53.5 Å². The van der Waals surface area contributed by atoms with E-state index in [0.29, 0.717) is 17.4 Å². The summed E-state index contributed by atoms with van der Waals surface area (Å²) in [6.07, 6.45) is 17.5. The Morgan fingerprint density at radius 1 is 0.806 bits per heavy atom. The lowest BCUT2D eigenvalue weighted by Crippen LogP contribution is -2.13. The molecule has 2 saturated carbocycles. The van der Waals surface area contributed by atoms with Crippen molar-refractivity contribution in [2.24, 2.45) is 11.8 Å². The van der Waals surface area contributed by atoms with Gasteiger partial charge in [-0.1, -0.05) is 51.7 Å². The van der Waals surface area contributed by atoms with Gasteiger partial charge in [-0.05, 0) is 104 Å². The van der Waals surface area contributed by atoms with E-state index in [1.165, 1.54) is 88.2 Å². The number of rotatable bonds is 7. The van der Waals surface area contributed by atoms with Crippen LogP contribution in [-0.2, 0) is 0 Å². The number of pyridine rings is 1. The van der Waals surface area contributed by atoms with Gasteiger partial charge in [0.1, 0.15) is 5.82 Å². The highest BCUT2D eigenvalue weighted by atomic mass is 19.1. The van der Waals surface area contributed by atoms with Gasteiger partial charge in [0.25, 0.3) is 0 Å². The fraction of sp³-hybridized carbons (Fsp3) is 0.621. The van der Waals surface area contributed by atoms with E-state index in [1.807, 2.05) is 18.3 Å². The summed E-state index contributed by atoms with van der Waals surface area (Å²) in [7, 11) is 0.